The van der Waals surface area contributed by atoms with E-state index >= 15 is 0 Å². The molecule has 0 aliphatic heterocycles. The van der Waals surface area contributed by atoms with Crippen molar-refractivity contribution in [2.24, 2.45) is 5.92 Å². The highest BCUT2D eigenvalue weighted by atomic mass is 15.1. The van der Waals surface area contributed by atoms with Gasteiger partial charge in [0.15, 0.2) is 0 Å². The maximum absolute atomic E-state index is 4.82. The lowest BCUT2D eigenvalue weighted by molar-refractivity contribution is 0.501. The van der Waals surface area contributed by atoms with Crippen molar-refractivity contribution in [3.05, 3.63) is 11.4 Å². The molecule has 0 bridgehead atoms. The molecule has 3 rings (SSSR count). The molecule has 4 nitrogen and oxygen atoms in total. The smallest absolute Gasteiger partial charge is 0.136 e. The van der Waals surface area contributed by atoms with Gasteiger partial charge in [-0.05, 0) is 44.9 Å². The van der Waals surface area contributed by atoms with Crippen molar-refractivity contribution in [1.29, 1.82) is 0 Å². The van der Waals surface area contributed by atoms with E-state index in [9.17, 15) is 0 Å². The third kappa shape index (κ3) is 3.47. The Bertz CT molecular complexity index is 496. The highest BCUT2D eigenvalue weighted by Gasteiger charge is 2.28. The number of nitrogens with zero attached hydrogens (tertiary/aromatic N) is 2. The molecule has 1 aromatic rings. The van der Waals surface area contributed by atoms with Crippen molar-refractivity contribution in [3.8, 4) is 0 Å². The lowest BCUT2D eigenvalue weighted by atomic mass is 10.0. The molecular formula is C17H28N4. The topological polar surface area (TPSA) is 49.8 Å². The fourth-order valence-corrected chi connectivity index (χ4v) is 3.27. The summed E-state index contributed by atoms with van der Waals surface area (Å²) in [6.45, 7) is 4.49. The van der Waals surface area contributed by atoms with Crippen LogP contribution in [0.2, 0.25) is 0 Å². The Morgan fingerprint density at radius 2 is 1.71 bits per heavy atom. The van der Waals surface area contributed by atoms with Crippen LogP contribution in [0.3, 0.4) is 0 Å². The highest BCUT2D eigenvalue weighted by Crippen LogP contribution is 2.39. The van der Waals surface area contributed by atoms with Gasteiger partial charge in [0.25, 0.3) is 0 Å². The Hall–Kier alpha value is -1.32. The molecule has 0 aromatic carbocycles. The molecule has 2 unspecified atom stereocenters. The molecule has 2 fully saturated rings. The Balaban J connectivity index is 1.78. The third-order valence-corrected chi connectivity index (χ3v) is 4.94. The van der Waals surface area contributed by atoms with Crippen molar-refractivity contribution in [3.63, 3.8) is 0 Å². The second-order valence-electron chi connectivity index (χ2n) is 6.88. The maximum atomic E-state index is 4.82. The van der Waals surface area contributed by atoms with Gasteiger partial charge in [0.05, 0.1) is 0 Å². The van der Waals surface area contributed by atoms with E-state index in [2.05, 4.69) is 29.5 Å². The molecule has 2 saturated carbocycles. The van der Waals surface area contributed by atoms with Crippen LogP contribution < -0.4 is 10.6 Å². The molecule has 2 atom stereocenters. The predicted octanol–water partition coefficient (Wildman–Crippen LogP) is 4.08. The molecule has 2 N–H and O–H groups in total. The van der Waals surface area contributed by atoms with Crippen molar-refractivity contribution in [2.45, 2.75) is 70.8 Å². The van der Waals surface area contributed by atoms with E-state index in [4.69, 9.17) is 4.98 Å². The van der Waals surface area contributed by atoms with E-state index in [0.29, 0.717) is 12.0 Å². The number of hydrogen-bond donors (Lipinski definition) is 2. The summed E-state index contributed by atoms with van der Waals surface area (Å²) in [6, 6.07) is 0.570. The number of hydrogen-bond acceptors (Lipinski definition) is 4. The maximum Gasteiger partial charge on any atom is 0.136 e. The quantitative estimate of drug-likeness (QED) is 0.819. The van der Waals surface area contributed by atoms with Gasteiger partial charge >= 0.3 is 0 Å². The summed E-state index contributed by atoms with van der Waals surface area (Å²) in [5, 5.41) is 6.94. The highest BCUT2D eigenvalue weighted by molar-refractivity contribution is 5.57. The van der Waals surface area contributed by atoms with Crippen LogP contribution >= 0.6 is 0 Å². The molecule has 2 aliphatic carbocycles. The number of rotatable bonds is 4. The van der Waals surface area contributed by atoms with Crippen LogP contribution in [0.1, 0.15) is 69.2 Å². The van der Waals surface area contributed by atoms with Gasteiger partial charge in [-0.15, -0.1) is 0 Å². The molecule has 1 aromatic heterocycles. The molecule has 0 radical (unpaired) electrons. The minimum atomic E-state index is 0.570. The Morgan fingerprint density at radius 3 is 2.43 bits per heavy atom. The van der Waals surface area contributed by atoms with Gasteiger partial charge in [-0.3, -0.25) is 0 Å². The van der Waals surface area contributed by atoms with Crippen LogP contribution in [0, 0.1) is 12.8 Å². The number of anilines is 2. The molecule has 0 amide bonds. The Kier molecular flexibility index (Phi) is 4.32. The van der Waals surface area contributed by atoms with Crippen molar-refractivity contribution in [1.82, 2.24) is 9.97 Å². The van der Waals surface area contributed by atoms with Crippen LogP contribution in [0.4, 0.5) is 11.6 Å². The van der Waals surface area contributed by atoms with Gasteiger partial charge in [0, 0.05) is 24.6 Å². The first kappa shape index (κ1) is 14.6. The number of nitrogens with one attached hydrogen (secondary N) is 2. The average Bonchev–Trinajstić information content (AvgIpc) is 3.30. The molecule has 0 spiro atoms. The lowest BCUT2D eigenvalue weighted by Gasteiger charge is -2.20. The van der Waals surface area contributed by atoms with Gasteiger partial charge in [-0.25, -0.2) is 9.97 Å². The SMILES string of the molecule is CNc1nc(C2CC2)nc(NC2CCCC(C)CC2)c1C. The first-order valence-corrected chi connectivity index (χ1v) is 8.50. The summed E-state index contributed by atoms with van der Waals surface area (Å²) >= 11 is 0. The molecule has 4 heteroatoms. The van der Waals surface area contributed by atoms with Crippen LogP contribution in [0.25, 0.3) is 0 Å². The molecule has 0 saturated heterocycles. The van der Waals surface area contributed by atoms with Gasteiger partial charge < -0.3 is 10.6 Å². The largest absolute Gasteiger partial charge is 0.373 e. The normalized spacial score (nSPS) is 26.2. The number of aromatic nitrogens is 2. The zero-order valence-electron chi connectivity index (χ0n) is 13.6. The van der Waals surface area contributed by atoms with Gasteiger partial charge in [-0.2, -0.15) is 0 Å². The summed E-state index contributed by atoms with van der Waals surface area (Å²) < 4.78 is 0. The van der Waals surface area contributed by atoms with E-state index in [-0.39, 0.29) is 0 Å². The molecule has 2 aliphatic rings. The first-order chi connectivity index (χ1) is 10.2. The fourth-order valence-electron chi connectivity index (χ4n) is 3.27. The van der Waals surface area contributed by atoms with E-state index < -0.39 is 0 Å². The minimum absolute atomic E-state index is 0.570. The van der Waals surface area contributed by atoms with Crippen LogP contribution in [0.5, 0.6) is 0 Å². The average molecular weight is 288 g/mol. The van der Waals surface area contributed by atoms with E-state index in [0.717, 1.165) is 28.9 Å². The summed E-state index contributed by atoms with van der Waals surface area (Å²) in [6.07, 6.45) is 9.04. The van der Waals surface area contributed by atoms with Crippen molar-refractivity contribution >= 4 is 11.6 Å². The second-order valence-corrected chi connectivity index (χ2v) is 6.88. The van der Waals surface area contributed by atoms with Crippen LogP contribution in [-0.4, -0.2) is 23.1 Å². The third-order valence-electron chi connectivity index (χ3n) is 4.94. The predicted molar refractivity (Wildman–Crippen MR) is 88.0 cm³/mol. The van der Waals surface area contributed by atoms with E-state index in [1.165, 1.54) is 44.9 Å². The minimum Gasteiger partial charge on any atom is -0.373 e. The fraction of sp³-hybridized carbons (Fsp3) is 0.765. The molecule has 1 heterocycles. The molecule has 116 valence electrons. The zero-order valence-corrected chi connectivity index (χ0v) is 13.6. The van der Waals surface area contributed by atoms with E-state index in [1.54, 1.807) is 0 Å². The zero-order chi connectivity index (χ0) is 14.8. The standard InChI is InChI=1S/C17H28N4/c1-11-5-4-6-14(10-7-11)19-16-12(2)15(18-3)20-17(21-16)13-8-9-13/h11,13-14H,4-10H2,1-3H3,(H2,18,19,20,21). The lowest BCUT2D eigenvalue weighted by Crippen LogP contribution is -2.21. The Morgan fingerprint density at radius 1 is 0.952 bits per heavy atom. The summed E-state index contributed by atoms with van der Waals surface area (Å²) in [7, 11) is 1.95. The Labute approximate surface area is 128 Å². The monoisotopic (exact) mass is 288 g/mol. The summed E-state index contributed by atoms with van der Waals surface area (Å²) in [5.74, 6) is 4.52. The molecule has 21 heavy (non-hydrogen) atoms. The van der Waals surface area contributed by atoms with Crippen molar-refractivity contribution < 1.29 is 0 Å². The van der Waals surface area contributed by atoms with Gasteiger partial charge in [0.2, 0.25) is 0 Å². The van der Waals surface area contributed by atoms with Gasteiger partial charge in [-0.1, -0.05) is 19.8 Å². The summed E-state index contributed by atoms with van der Waals surface area (Å²) in [4.78, 5) is 9.50. The second kappa shape index (κ2) is 6.20. The first-order valence-electron chi connectivity index (χ1n) is 8.50. The van der Waals surface area contributed by atoms with Gasteiger partial charge in [0.1, 0.15) is 17.5 Å². The molecular weight excluding hydrogens is 260 g/mol. The van der Waals surface area contributed by atoms with E-state index in [1.807, 2.05) is 7.05 Å². The van der Waals surface area contributed by atoms with Crippen LogP contribution in [-0.2, 0) is 0 Å². The van der Waals surface area contributed by atoms with Crippen LogP contribution in [0.15, 0.2) is 0 Å². The van der Waals surface area contributed by atoms with Crippen molar-refractivity contribution in [2.75, 3.05) is 17.7 Å². The summed E-state index contributed by atoms with van der Waals surface area (Å²) in [5.41, 5.74) is 1.15.